The van der Waals surface area contributed by atoms with E-state index in [1.165, 1.54) is 16.9 Å². The Morgan fingerprint density at radius 1 is 1.28 bits per heavy atom. The van der Waals surface area contributed by atoms with Crippen LogP contribution in [-0.2, 0) is 25.8 Å². The van der Waals surface area contributed by atoms with Crippen LogP contribution in [0.25, 0.3) is 15.9 Å². The summed E-state index contributed by atoms with van der Waals surface area (Å²) in [6, 6.07) is 0. The zero-order valence-electron chi connectivity index (χ0n) is 19.0. The van der Waals surface area contributed by atoms with Crippen molar-refractivity contribution in [3.05, 3.63) is 44.1 Å². The second-order valence-corrected chi connectivity index (χ2v) is 10.9. The standard InChI is InChI=1S/C22H27N7O2S/c1-12-19(29(30)31)13(2)27(25-12)9-8-17-24-20-18-15-7-6-14(22(3,4)5)10-16(15)32-21(18)23-11-28(20)26-17/h11,14H,6-10H2,1-5H3/t14-/m0/s1. The van der Waals surface area contributed by atoms with Gasteiger partial charge in [-0.3, -0.25) is 14.8 Å². The predicted molar refractivity (Wildman–Crippen MR) is 123 cm³/mol. The monoisotopic (exact) mass is 453 g/mol. The molecule has 4 heterocycles. The number of hydrogen-bond acceptors (Lipinski definition) is 7. The van der Waals surface area contributed by atoms with Gasteiger partial charge in [-0.05, 0) is 50.0 Å². The average molecular weight is 454 g/mol. The fourth-order valence-electron chi connectivity index (χ4n) is 4.84. The van der Waals surface area contributed by atoms with E-state index in [2.05, 4.69) is 36.0 Å². The number of thiophene rings is 1. The maximum absolute atomic E-state index is 11.3. The van der Waals surface area contributed by atoms with Crippen LogP contribution in [0.15, 0.2) is 6.33 Å². The molecule has 32 heavy (non-hydrogen) atoms. The Morgan fingerprint density at radius 2 is 2.06 bits per heavy atom. The van der Waals surface area contributed by atoms with E-state index >= 15 is 0 Å². The molecule has 10 heteroatoms. The van der Waals surface area contributed by atoms with Crippen molar-refractivity contribution in [2.24, 2.45) is 11.3 Å². The van der Waals surface area contributed by atoms with Crippen LogP contribution in [0.4, 0.5) is 5.69 Å². The van der Waals surface area contributed by atoms with Crippen molar-refractivity contribution in [2.45, 2.75) is 66.8 Å². The Kier molecular flexibility index (Phi) is 4.81. The quantitative estimate of drug-likeness (QED) is 0.334. The van der Waals surface area contributed by atoms with Crippen LogP contribution >= 0.6 is 11.3 Å². The third kappa shape index (κ3) is 3.37. The van der Waals surface area contributed by atoms with Gasteiger partial charge in [-0.15, -0.1) is 16.4 Å². The van der Waals surface area contributed by atoms with E-state index in [0.29, 0.717) is 41.5 Å². The predicted octanol–water partition coefficient (Wildman–Crippen LogP) is 4.45. The number of rotatable bonds is 4. The molecular weight excluding hydrogens is 426 g/mol. The summed E-state index contributed by atoms with van der Waals surface area (Å²) in [5, 5.41) is 21.4. The van der Waals surface area contributed by atoms with E-state index in [1.807, 2.05) is 0 Å². The van der Waals surface area contributed by atoms with Crippen LogP contribution in [0.2, 0.25) is 0 Å². The minimum Gasteiger partial charge on any atom is -0.262 e. The van der Waals surface area contributed by atoms with E-state index in [1.54, 1.807) is 40.7 Å². The average Bonchev–Trinajstić information content (AvgIpc) is 3.37. The highest BCUT2D eigenvalue weighted by Gasteiger charge is 2.32. The first-order valence-corrected chi connectivity index (χ1v) is 11.8. The van der Waals surface area contributed by atoms with Crippen molar-refractivity contribution in [3.8, 4) is 0 Å². The largest absolute Gasteiger partial charge is 0.312 e. The van der Waals surface area contributed by atoms with Crippen LogP contribution in [0.5, 0.6) is 0 Å². The Balaban J connectivity index is 1.46. The SMILES string of the molecule is Cc1nn(CCc2nc3c4c5c(sc4ncn3n2)C[C@@H](C(C)(C)C)CC5)c(C)c1[N+](=O)[O-]. The molecule has 0 N–H and O–H groups in total. The first kappa shape index (κ1) is 21.0. The fourth-order valence-corrected chi connectivity index (χ4v) is 6.10. The number of fused-ring (bicyclic) bond motifs is 5. The summed E-state index contributed by atoms with van der Waals surface area (Å²) in [4.78, 5) is 22.9. The minimum atomic E-state index is -0.371. The van der Waals surface area contributed by atoms with Crippen LogP contribution in [0, 0.1) is 35.3 Å². The molecule has 0 aromatic carbocycles. The second kappa shape index (κ2) is 7.33. The number of aromatic nitrogens is 6. The van der Waals surface area contributed by atoms with Gasteiger partial charge in [0.05, 0.1) is 10.3 Å². The molecule has 9 nitrogen and oxygen atoms in total. The van der Waals surface area contributed by atoms with Crippen LogP contribution in [0.3, 0.4) is 0 Å². The topological polar surface area (TPSA) is 104 Å². The van der Waals surface area contributed by atoms with Crippen LogP contribution in [-0.4, -0.2) is 34.3 Å². The van der Waals surface area contributed by atoms with Gasteiger partial charge in [0.25, 0.3) is 0 Å². The zero-order valence-corrected chi connectivity index (χ0v) is 19.9. The van der Waals surface area contributed by atoms with Crippen LogP contribution < -0.4 is 0 Å². The smallest absolute Gasteiger partial charge is 0.262 e. The minimum absolute atomic E-state index is 0.0809. The lowest BCUT2D eigenvalue weighted by atomic mass is 9.72. The third-order valence-electron chi connectivity index (χ3n) is 6.73. The number of aryl methyl sites for hydroxylation is 4. The maximum atomic E-state index is 11.3. The van der Waals surface area contributed by atoms with Gasteiger partial charge in [-0.25, -0.2) is 14.5 Å². The number of nitro groups is 1. The molecular formula is C22H27N7O2S. The molecule has 0 aliphatic heterocycles. The first-order valence-electron chi connectivity index (χ1n) is 11.0. The molecule has 0 saturated heterocycles. The van der Waals surface area contributed by atoms with Gasteiger partial charge in [0, 0.05) is 17.8 Å². The summed E-state index contributed by atoms with van der Waals surface area (Å²) in [5.74, 6) is 1.37. The third-order valence-corrected chi connectivity index (χ3v) is 7.89. The molecule has 0 fully saturated rings. The Hall–Kier alpha value is -2.88. The van der Waals surface area contributed by atoms with Gasteiger partial charge in [-0.2, -0.15) is 5.10 Å². The van der Waals surface area contributed by atoms with Crippen molar-refractivity contribution in [3.63, 3.8) is 0 Å². The van der Waals surface area contributed by atoms with E-state index < -0.39 is 0 Å². The lowest BCUT2D eigenvalue weighted by molar-refractivity contribution is -0.386. The summed E-state index contributed by atoms with van der Waals surface area (Å²) in [7, 11) is 0. The molecule has 168 valence electrons. The molecule has 1 aliphatic rings. The molecule has 5 rings (SSSR count). The zero-order chi connectivity index (χ0) is 22.8. The summed E-state index contributed by atoms with van der Waals surface area (Å²) in [6.07, 6.45) is 5.62. The Bertz CT molecular complexity index is 1360. The van der Waals surface area contributed by atoms with E-state index in [0.717, 1.165) is 28.7 Å². The molecule has 0 amide bonds. The Morgan fingerprint density at radius 3 is 2.75 bits per heavy atom. The summed E-state index contributed by atoms with van der Waals surface area (Å²) in [5.41, 5.74) is 3.61. The van der Waals surface area contributed by atoms with Crippen molar-refractivity contribution >= 4 is 32.9 Å². The van der Waals surface area contributed by atoms with E-state index in [4.69, 9.17) is 4.98 Å². The van der Waals surface area contributed by atoms with Gasteiger partial charge in [0.15, 0.2) is 11.5 Å². The molecule has 4 aromatic rings. The molecule has 0 bridgehead atoms. The van der Waals surface area contributed by atoms with Gasteiger partial charge < -0.3 is 0 Å². The van der Waals surface area contributed by atoms with Gasteiger partial charge in [-0.1, -0.05) is 20.8 Å². The molecule has 1 atom stereocenters. The number of nitrogens with zero attached hydrogens (tertiary/aromatic N) is 7. The fraction of sp³-hybridized carbons (Fsp3) is 0.545. The maximum Gasteiger partial charge on any atom is 0.312 e. The number of hydrogen-bond donors (Lipinski definition) is 0. The van der Waals surface area contributed by atoms with Crippen LogP contribution in [0.1, 0.15) is 54.8 Å². The summed E-state index contributed by atoms with van der Waals surface area (Å²) >= 11 is 1.79. The lowest BCUT2D eigenvalue weighted by Crippen LogP contribution is -2.26. The molecule has 0 unspecified atom stereocenters. The highest BCUT2D eigenvalue weighted by molar-refractivity contribution is 7.19. The molecule has 0 spiro atoms. The summed E-state index contributed by atoms with van der Waals surface area (Å²) < 4.78 is 3.44. The van der Waals surface area contributed by atoms with E-state index in [9.17, 15) is 10.1 Å². The van der Waals surface area contributed by atoms with Crippen molar-refractivity contribution in [2.75, 3.05) is 0 Å². The highest BCUT2D eigenvalue weighted by Crippen LogP contribution is 2.43. The molecule has 0 radical (unpaired) electrons. The van der Waals surface area contributed by atoms with Gasteiger partial charge in [0.2, 0.25) is 0 Å². The highest BCUT2D eigenvalue weighted by atomic mass is 32.1. The van der Waals surface area contributed by atoms with Crippen molar-refractivity contribution in [1.82, 2.24) is 29.4 Å². The normalized spacial score (nSPS) is 16.7. The summed E-state index contributed by atoms with van der Waals surface area (Å²) in [6.45, 7) is 10.9. The Labute approximate surface area is 189 Å². The van der Waals surface area contributed by atoms with Crippen molar-refractivity contribution < 1.29 is 4.92 Å². The van der Waals surface area contributed by atoms with Crippen molar-refractivity contribution in [1.29, 1.82) is 0 Å². The van der Waals surface area contributed by atoms with E-state index in [-0.39, 0.29) is 10.6 Å². The second-order valence-electron chi connectivity index (χ2n) is 9.78. The van der Waals surface area contributed by atoms with Gasteiger partial charge in [0.1, 0.15) is 22.5 Å². The molecule has 4 aromatic heterocycles. The lowest BCUT2D eigenvalue weighted by Gasteiger charge is -2.33. The first-order chi connectivity index (χ1) is 15.1. The molecule has 0 saturated carbocycles. The van der Waals surface area contributed by atoms with Gasteiger partial charge >= 0.3 is 5.69 Å². The molecule has 1 aliphatic carbocycles.